The number of nitrogens with zero attached hydrogens (tertiary/aromatic N) is 3. The smallest absolute Gasteiger partial charge is 0.251 e. The van der Waals surface area contributed by atoms with Gasteiger partial charge in [0.25, 0.3) is 5.91 Å². The molecule has 1 heterocycles. The van der Waals surface area contributed by atoms with Crippen molar-refractivity contribution in [3.05, 3.63) is 70.5 Å². The molecule has 0 radical (unpaired) electrons. The number of nitrogens with one attached hydrogen (secondary N) is 3. The number of likely N-dealkylation sites (N-methyl/N-ethyl adjacent to an activating group) is 1. The zero-order valence-corrected chi connectivity index (χ0v) is 23.4. The first kappa shape index (κ1) is 29.2. The molecule has 10 heteroatoms. The third-order valence-corrected chi connectivity index (χ3v) is 6.72. The minimum absolute atomic E-state index is 0.124. The van der Waals surface area contributed by atoms with Crippen molar-refractivity contribution in [3.8, 4) is 11.5 Å². The molecule has 0 saturated carbocycles. The maximum Gasteiger partial charge on any atom is 0.251 e. The molecular weight excluding hydrogens is 504 g/mol. The van der Waals surface area contributed by atoms with Crippen LogP contribution >= 0.6 is 11.6 Å². The largest absolute Gasteiger partial charge is 0.495 e. The molecule has 0 saturated heterocycles. The lowest BCUT2D eigenvalue weighted by molar-refractivity contribution is 0.0962. The van der Waals surface area contributed by atoms with Crippen molar-refractivity contribution in [3.63, 3.8) is 0 Å². The van der Waals surface area contributed by atoms with Crippen LogP contribution in [0.1, 0.15) is 48.3 Å². The third kappa shape index (κ3) is 8.05. The summed E-state index contributed by atoms with van der Waals surface area (Å²) in [6.45, 7) is 10.8. The van der Waals surface area contributed by atoms with Crippen LogP contribution in [0, 0.1) is 0 Å². The lowest BCUT2D eigenvalue weighted by Gasteiger charge is -2.20. The Bertz CT molecular complexity index is 1170. The standard InChI is InChI=1S/C28H37ClN6O3/c1-6-35(7-2)13-12-31-19(3)20-8-10-23(11-9-20)34-28-32-16-24(17-33-28)38-18-22-14-21(27(36)30-4)15-25(37-5)26(22)29/h8-11,14-17,19,31H,6-7,12-13,18H2,1-5H3,(H,30,36)(H,32,33,34). The molecule has 3 rings (SSSR count). The van der Waals surface area contributed by atoms with E-state index in [1.54, 1.807) is 31.6 Å². The number of methoxy groups -OCH3 is 1. The fourth-order valence-corrected chi connectivity index (χ4v) is 4.12. The zero-order chi connectivity index (χ0) is 27.5. The molecule has 3 N–H and O–H groups in total. The van der Waals surface area contributed by atoms with Gasteiger partial charge in [-0.15, -0.1) is 0 Å². The minimum atomic E-state index is -0.242. The number of hydrogen-bond acceptors (Lipinski definition) is 8. The molecule has 0 aliphatic carbocycles. The van der Waals surface area contributed by atoms with E-state index in [0.29, 0.717) is 33.6 Å². The van der Waals surface area contributed by atoms with E-state index in [-0.39, 0.29) is 18.6 Å². The first-order valence-electron chi connectivity index (χ1n) is 12.7. The second kappa shape index (κ2) is 14.5. The van der Waals surface area contributed by atoms with Crippen LogP contribution in [0.25, 0.3) is 0 Å². The van der Waals surface area contributed by atoms with Crippen molar-refractivity contribution in [2.45, 2.75) is 33.4 Å². The SMILES string of the molecule is CCN(CC)CCNC(C)c1ccc(Nc2ncc(OCc3cc(C(=O)NC)cc(OC)c3Cl)cn2)cc1. The van der Waals surface area contributed by atoms with Gasteiger partial charge in [-0.2, -0.15) is 0 Å². The summed E-state index contributed by atoms with van der Waals surface area (Å²) < 4.78 is 11.1. The van der Waals surface area contributed by atoms with Crippen LogP contribution in [0.2, 0.25) is 5.02 Å². The van der Waals surface area contributed by atoms with Gasteiger partial charge in [0, 0.05) is 43.0 Å². The Kier molecular flexibility index (Phi) is 11.1. The predicted octanol–water partition coefficient (Wildman–Crippen LogP) is 4.81. The minimum Gasteiger partial charge on any atom is -0.495 e. The Morgan fingerprint density at radius 3 is 2.39 bits per heavy atom. The number of amides is 1. The van der Waals surface area contributed by atoms with Gasteiger partial charge in [0.2, 0.25) is 5.95 Å². The van der Waals surface area contributed by atoms with Crippen LogP contribution in [0.15, 0.2) is 48.8 Å². The van der Waals surface area contributed by atoms with Gasteiger partial charge in [-0.3, -0.25) is 4.79 Å². The molecule has 1 amide bonds. The van der Waals surface area contributed by atoms with Gasteiger partial charge in [0.15, 0.2) is 5.75 Å². The monoisotopic (exact) mass is 540 g/mol. The van der Waals surface area contributed by atoms with Crippen molar-refractivity contribution >= 4 is 29.1 Å². The third-order valence-electron chi connectivity index (χ3n) is 6.29. The number of carbonyl (C=O) groups is 1. The van der Waals surface area contributed by atoms with Crippen molar-refractivity contribution in [2.24, 2.45) is 0 Å². The maximum absolute atomic E-state index is 12.1. The molecule has 1 atom stereocenters. The molecule has 0 bridgehead atoms. The molecule has 3 aromatic rings. The van der Waals surface area contributed by atoms with Gasteiger partial charge in [-0.1, -0.05) is 37.6 Å². The highest BCUT2D eigenvalue weighted by Crippen LogP contribution is 2.31. The van der Waals surface area contributed by atoms with Gasteiger partial charge in [-0.25, -0.2) is 9.97 Å². The van der Waals surface area contributed by atoms with E-state index in [2.05, 4.69) is 63.7 Å². The molecule has 9 nitrogen and oxygen atoms in total. The van der Waals surface area contributed by atoms with Gasteiger partial charge in [0.05, 0.1) is 24.5 Å². The topological polar surface area (TPSA) is 101 Å². The summed E-state index contributed by atoms with van der Waals surface area (Å²) in [5.74, 6) is 1.08. The van der Waals surface area contributed by atoms with Gasteiger partial charge < -0.3 is 30.3 Å². The molecule has 1 aromatic heterocycles. The highest BCUT2D eigenvalue weighted by atomic mass is 35.5. The summed E-state index contributed by atoms with van der Waals surface area (Å²) in [6, 6.07) is 11.7. The average Bonchev–Trinajstić information content (AvgIpc) is 2.95. The van der Waals surface area contributed by atoms with Crippen molar-refractivity contribution in [1.29, 1.82) is 0 Å². The number of aromatic nitrogens is 2. The lowest BCUT2D eigenvalue weighted by Crippen LogP contribution is -2.33. The molecule has 1 unspecified atom stereocenters. The van der Waals surface area contributed by atoms with Crippen LogP contribution in [0.3, 0.4) is 0 Å². The fraction of sp³-hybridized carbons (Fsp3) is 0.393. The van der Waals surface area contributed by atoms with Crippen molar-refractivity contribution < 1.29 is 14.3 Å². The number of carbonyl (C=O) groups excluding carboxylic acids is 1. The number of benzene rings is 2. The molecule has 0 fully saturated rings. The lowest BCUT2D eigenvalue weighted by atomic mass is 10.1. The van der Waals surface area contributed by atoms with Gasteiger partial charge in [-0.05, 0) is 49.8 Å². The highest BCUT2D eigenvalue weighted by molar-refractivity contribution is 6.33. The summed E-state index contributed by atoms with van der Waals surface area (Å²) >= 11 is 6.41. The number of rotatable bonds is 14. The zero-order valence-electron chi connectivity index (χ0n) is 22.7. The Morgan fingerprint density at radius 2 is 1.79 bits per heavy atom. The molecule has 38 heavy (non-hydrogen) atoms. The molecular formula is C28H37ClN6O3. The summed E-state index contributed by atoms with van der Waals surface area (Å²) in [6.07, 6.45) is 3.17. The Hall–Kier alpha value is -3.40. The quantitative estimate of drug-likeness (QED) is 0.268. The van der Waals surface area contributed by atoms with Gasteiger partial charge in [0.1, 0.15) is 12.4 Å². The van der Waals surface area contributed by atoms with Crippen LogP contribution in [0.5, 0.6) is 11.5 Å². The number of hydrogen-bond donors (Lipinski definition) is 3. The second-order valence-corrected chi connectivity index (χ2v) is 9.09. The number of anilines is 2. The molecule has 0 aliphatic rings. The molecule has 0 spiro atoms. The second-order valence-electron chi connectivity index (χ2n) is 8.71. The summed E-state index contributed by atoms with van der Waals surface area (Å²) in [5.41, 5.74) is 3.15. The van der Waals surface area contributed by atoms with E-state index in [0.717, 1.165) is 31.9 Å². The van der Waals surface area contributed by atoms with E-state index >= 15 is 0 Å². The molecule has 2 aromatic carbocycles. The Labute approximate surface area is 229 Å². The Morgan fingerprint density at radius 1 is 1.11 bits per heavy atom. The fourth-order valence-electron chi connectivity index (χ4n) is 3.88. The summed E-state index contributed by atoms with van der Waals surface area (Å²) in [5, 5.41) is 9.77. The first-order chi connectivity index (χ1) is 18.4. The summed E-state index contributed by atoms with van der Waals surface area (Å²) in [4.78, 5) is 23.2. The van der Waals surface area contributed by atoms with E-state index in [1.165, 1.54) is 12.7 Å². The highest BCUT2D eigenvalue weighted by Gasteiger charge is 2.14. The van der Waals surface area contributed by atoms with E-state index < -0.39 is 0 Å². The normalized spacial score (nSPS) is 11.8. The predicted molar refractivity (Wildman–Crippen MR) is 152 cm³/mol. The van der Waals surface area contributed by atoms with E-state index in [4.69, 9.17) is 21.1 Å². The van der Waals surface area contributed by atoms with Crippen molar-refractivity contribution in [2.75, 3.05) is 45.7 Å². The molecule has 204 valence electrons. The van der Waals surface area contributed by atoms with Crippen LogP contribution < -0.4 is 25.4 Å². The van der Waals surface area contributed by atoms with E-state index in [1.807, 2.05) is 12.1 Å². The van der Waals surface area contributed by atoms with Gasteiger partial charge >= 0.3 is 0 Å². The number of halogens is 1. The summed E-state index contributed by atoms with van der Waals surface area (Å²) in [7, 11) is 3.06. The van der Waals surface area contributed by atoms with Crippen LogP contribution in [0.4, 0.5) is 11.6 Å². The van der Waals surface area contributed by atoms with Crippen LogP contribution in [-0.4, -0.2) is 61.1 Å². The van der Waals surface area contributed by atoms with E-state index in [9.17, 15) is 4.79 Å². The maximum atomic E-state index is 12.1. The number of ether oxygens (including phenoxy) is 2. The van der Waals surface area contributed by atoms with Crippen molar-refractivity contribution in [1.82, 2.24) is 25.5 Å². The Balaban J connectivity index is 1.55. The average molecular weight is 541 g/mol. The van der Waals surface area contributed by atoms with Crippen LogP contribution in [-0.2, 0) is 6.61 Å². The first-order valence-corrected chi connectivity index (χ1v) is 13.1. The molecule has 0 aliphatic heterocycles.